The first-order valence-corrected chi connectivity index (χ1v) is 15.5. The standard InChI is InChI=1S/C30H49BrO10/c1-19-11-12-21-15-22(39-28-27(37-6)26(36-5)25(35-4)20(2)38-28)16-30(34,40-21)18-24(33)41-29(3,17-23(19)32)13-9-7-8-10-14-31/h7-8,10,14,19-23,25-28,32,34H,9,11-13,15-18H2,1-6H3/b8-7+,14-10+/t19-,20-,21-,22+,23-,25-,26+,27+,28-,29-,30-/m0/s1. The molecule has 3 aliphatic heterocycles. The lowest BCUT2D eigenvalue weighted by atomic mass is 9.84. The highest BCUT2D eigenvalue weighted by Gasteiger charge is 2.50. The average molecular weight is 650 g/mol. The summed E-state index contributed by atoms with van der Waals surface area (Å²) in [6, 6.07) is 0. The fourth-order valence-electron chi connectivity index (χ4n) is 6.27. The number of allylic oxidation sites excluding steroid dienone is 3. The first-order valence-electron chi connectivity index (χ1n) is 14.6. The predicted octanol–water partition coefficient (Wildman–Crippen LogP) is 4.15. The number of carbonyl (C=O) groups is 1. The molecule has 3 fully saturated rings. The number of hydrogen-bond acceptors (Lipinski definition) is 10. The molecule has 11 atom stereocenters. The molecule has 10 nitrogen and oxygen atoms in total. The van der Waals surface area contributed by atoms with E-state index in [9.17, 15) is 15.0 Å². The summed E-state index contributed by atoms with van der Waals surface area (Å²) in [7, 11) is 4.76. The Hall–Kier alpha value is -0.890. The number of methoxy groups -OCH3 is 3. The molecule has 236 valence electrons. The van der Waals surface area contributed by atoms with Gasteiger partial charge in [-0.1, -0.05) is 41.1 Å². The van der Waals surface area contributed by atoms with E-state index in [0.29, 0.717) is 38.5 Å². The highest BCUT2D eigenvalue weighted by molar-refractivity contribution is 9.11. The van der Waals surface area contributed by atoms with Crippen LogP contribution < -0.4 is 0 Å². The zero-order valence-corrected chi connectivity index (χ0v) is 26.8. The average Bonchev–Trinajstić information content (AvgIpc) is 2.89. The third-order valence-corrected chi connectivity index (χ3v) is 8.82. The van der Waals surface area contributed by atoms with Crippen molar-refractivity contribution >= 4 is 21.9 Å². The maximum atomic E-state index is 13.2. The molecule has 2 N–H and O–H groups in total. The van der Waals surface area contributed by atoms with Crippen LogP contribution in [0.5, 0.6) is 0 Å². The zero-order valence-electron chi connectivity index (χ0n) is 25.2. The molecule has 41 heavy (non-hydrogen) atoms. The van der Waals surface area contributed by atoms with Crippen LogP contribution in [-0.4, -0.2) is 97.9 Å². The number of rotatable bonds is 9. The molecule has 0 radical (unpaired) electrons. The molecule has 2 bridgehead atoms. The predicted molar refractivity (Wildman–Crippen MR) is 155 cm³/mol. The minimum absolute atomic E-state index is 0.0607. The Morgan fingerprint density at radius 2 is 1.76 bits per heavy atom. The summed E-state index contributed by atoms with van der Waals surface area (Å²) >= 11 is 3.24. The summed E-state index contributed by atoms with van der Waals surface area (Å²) in [6.45, 7) is 5.71. The van der Waals surface area contributed by atoms with Crippen LogP contribution in [0, 0.1) is 5.92 Å². The topological polar surface area (TPSA) is 122 Å². The van der Waals surface area contributed by atoms with Crippen LogP contribution in [0.15, 0.2) is 23.2 Å². The van der Waals surface area contributed by atoms with Crippen LogP contribution in [0.25, 0.3) is 0 Å². The highest BCUT2D eigenvalue weighted by atomic mass is 79.9. The maximum Gasteiger partial charge on any atom is 0.311 e. The van der Waals surface area contributed by atoms with Crippen molar-refractivity contribution in [1.82, 2.24) is 0 Å². The van der Waals surface area contributed by atoms with Gasteiger partial charge in [0.2, 0.25) is 0 Å². The van der Waals surface area contributed by atoms with Crippen molar-refractivity contribution in [3.05, 3.63) is 23.2 Å². The molecule has 0 aromatic rings. The van der Waals surface area contributed by atoms with E-state index in [1.54, 1.807) is 26.3 Å². The molecule has 0 aromatic carbocycles. The third kappa shape index (κ3) is 9.55. The van der Waals surface area contributed by atoms with Crippen LogP contribution >= 0.6 is 15.9 Å². The van der Waals surface area contributed by atoms with Gasteiger partial charge in [-0.05, 0) is 50.4 Å². The quantitative estimate of drug-likeness (QED) is 0.278. The molecule has 0 amide bonds. The Bertz CT molecular complexity index is 885. The van der Waals surface area contributed by atoms with Crippen LogP contribution in [0.3, 0.4) is 0 Å². The van der Waals surface area contributed by atoms with Crippen LogP contribution in [0.4, 0.5) is 0 Å². The lowest BCUT2D eigenvalue weighted by Gasteiger charge is -2.47. The van der Waals surface area contributed by atoms with Gasteiger partial charge in [-0.25, -0.2) is 0 Å². The normalized spacial score (nSPS) is 43.0. The molecule has 0 spiro atoms. The van der Waals surface area contributed by atoms with Gasteiger partial charge in [-0.2, -0.15) is 0 Å². The van der Waals surface area contributed by atoms with Crippen molar-refractivity contribution in [1.29, 1.82) is 0 Å². The van der Waals surface area contributed by atoms with E-state index in [2.05, 4.69) is 15.9 Å². The van der Waals surface area contributed by atoms with Gasteiger partial charge in [0.25, 0.3) is 0 Å². The molecular weight excluding hydrogens is 600 g/mol. The molecule has 0 unspecified atom stereocenters. The number of carbonyl (C=O) groups excluding carboxylic acids is 1. The van der Waals surface area contributed by atoms with Crippen LogP contribution in [0.1, 0.15) is 72.1 Å². The van der Waals surface area contributed by atoms with Gasteiger partial charge in [-0.3, -0.25) is 4.79 Å². The minimum Gasteiger partial charge on any atom is -0.459 e. The summed E-state index contributed by atoms with van der Waals surface area (Å²) < 4.78 is 41.7. The summed E-state index contributed by atoms with van der Waals surface area (Å²) in [5.74, 6) is -2.42. The first kappa shape index (κ1) is 34.6. The van der Waals surface area contributed by atoms with Crippen molar-refractivity contribution in [3.63, 3.8) is 0 Å². The molecule has 0 aliphatic carbocycles. The van der Waals surface area contributed by atoms with Gasteiger partial charge in [-0.15, -0.1) is 0 Å². The Morgan fingerprint density at radius 1 is 1.05 bits per heavy atom. The number of halogens is 1. The largest absolute Gasteiger partial charge is 0.459 e. The van der Waals surface area contributed by atoms with E-state index < -0.39 is 48.1 Å². The molecule has 0 saturated carbocycles. The fourth-order valence-corrected chi connectivity index (χ4v) is 6.44. The van der Waals surface area contributed by atoms with Gasteiger partial charge in [0.15, 0.2) is 12.1 Å². The summed E-state index contributed by atoms with van der Waals surface area (Å²) in [4.78, 5) is 15.0. The van der Waals surface area contributed by atoms with Gasteiger partial charge in [0.05, 0.1) is 30.8 Å². The van der Waals surface area contributed by atoms with Gasteiger partial charge in [0.1, 0.15) is 23.9 Å². The Morgan fingerprint density at radius 3 is 2.41 bits per heavy atom. The fraction of sp³-hybridized carbons (Fsp3) is 0.833. The summed E-state index contributed by atoms with van der Waals surface area (Å²) in [5, 5.41) is 22.6. The van der Waals surface area contributed by atoms with Crippen LogP contribution in [0.2, 0.25) is 0 Å². The monoisotopic (exact) mass is 648 g/mol. The SMILES string of the molecule is CO[C@@H]1[C@@H](OC)[C@H](C)O[C@@H](O[C@@H]2C[C@@H]3CC[C@H](C)[C@@H](O)C[C@](C)(CC/C=C/C=C/Br)OC(=O)C[C@](O)(C2)O3)[C@@H]1OC. The van der Waals surface area contributed by atoms with Gasteiger partial charge >= 0.3 is 5.97 Å². The number of hydrogen-bond donors (Lipinski definition) is 2. The lowest BCUT2D eigenvalue weighted by Crippen LogP contribution is -2.60. The van der Waals surface area contributed by atoms with Crippen molar-refractivity contribution < 1.29 is 48.2 Å². The third-order valence-electron chi connectivity index (χ3n) is 8.51. The first-order chi connectivity index (χ1) is 19.5. The Balaban J connectivity index is 1.78. The van der Waals surface area contributed by atoms with Crippen LogP contribution in [-0.2, 0) is 38.0 Å². The second kappa shape index (κ2) is 15.7. The van der Waals surface area contributed by atoms with E-state index in [1.165, 1.54) is 0 Å². The lowest BCUT2D eigenvalue weighted by molar-refractivity contribution is -0.339. The summed E-state index contributed by atoms with van der Waals surface area (Å²) in [6.07, 6.45) is 4.75. The van der Waals surface area contributed by atoms with Gasteiger partial charge in [0, 0.05) is 40.6 Å². The van der Waals surface area contributed by atoms with E-state index in [4.69, 9.17) is 33.2 Å². The zero-order chi connectivity index (χ0) is 30.2. The molecule has 3 aliphatic rings. The van der Waals surface area contributed by atoms with E-state index in [0.717, 1.165) is 0 Å². The molecule has 3 saturated heterocycles. The number of aliphatic hydroxyl groups excluding tert-OH is 1. The van der Waals surface area contributed by atoms with E-state index in [-0.39, 0.29) is 37.1 Å². The van der Waals surface area contributed by atoms with E-state index >= 15 is 0 Å². The minimum atomic E-state index is -1.77. The molecule has 3 rings (SSSR count). The second-order valence-electron chi connectivity index (χ2n) is 11.9. The smallest absolute Gasteiger partial charge is 0.311 e. The second-order valence-corrected chi connectivity index (χ2v) is 12.4. The molecule has 3 heterocycles. The number of aliphatic hydroxyl groups is 2. The number of ether oxygens (including phenoxy) is 7. The number of fused-ring (bicyclic) bond motifs is 2. The van der Waals surface area contributed by atoms with Gasteiger partial charge < -0.3 is 43.4 Å². The van der Waals surface area contributed by atoms with Crippen molar-refractivity contribution in [2.24, 2.45) is 5.92 Å². The highest BCUT2D eigenvalue weighted by Crippen LogP contribution is 2.39. The number of cyclic esters (lactones) is 1. The summed E-state index contributed by atoms with van der Waals surface area (Å²) in [5.41, 5.74) is -0.905. The number of esters is 1. The van der Waals surface area contributed by atoms with E-state index in [1.807, 2.05) is 39.0 Å². The molecule has 11 heteroatoms. The van der Waals surface area contributed by atoms with Crippen molar-refractivity contribution in [2.75, 3.05) is 21.3 Å². The maximum absolute atomic E-state index is 13.2. The molecular formula is C30H49BrO10. The Kier molecular flexibility index (Phi) is 13.3. The Labute approximate surface area is 252 Å². The van der Waals surface area contributed by atoms with Crippen molar-refractivity contribution in [3.8, 4) is 0 Å². The van der Waals surface area contributed by atoms with Crippen molar-refractivity contribution in [2.45, 2.75) is 133 Å². The molecule has 0 aromatic heterocycles.